The standard InChI is InChI=1S/C13H10F3NO3/c1-6-3-4-8-7(5-6)10(18)9(12(20)17(8)2)11(19)13(14,15)16/h3-5,18H,1-2H3. The topological polar surface area (TPSA) is 59.3 Å². The van der Waals surface area contributed by atoms with E-state index in [1.54, 1.807) is 13.0 Å². The molecule has 0 bridgehead atoms. The minimum absolute atomic E-state index is 0.0275. The van der Waals surface area contributed by atoms with Gasteiger partial charge in [0.1, 0.15) is 11.3 Å². The summed E-state index contributed by atoms with van der Waals surface area (Å²) in [5.41, 5.74) is -1.51. The van der Waals surface area contributed by atoms with Crippen LogP contribution in [-0.4, -0.2) is 21.6 Å². The van der Waals surface area contributed by atoms with Crippen molar-refractivity contribution in [3.05, 3.63) is 39.7 Å². The van der Waals surface area contributed by atoms with Crippen molar-refractivity contribution in [3.63, 3.8) is 0 Å². The number of halogens is 3. The number of ketones is 1. The molecule has 2 rings (SSSR count). The number of carbonyl (C=O) groups excluding carboxylic acids is 1. The third-order valence-corrected chi connectivity index (χ3v) is 3.01. The number of hydrogen-bond acceptors (Lipinski definition) is 3. The second-order valence-electron chi connectivity index (χ2n) is 4.44. The van der Waals surface area contributed by atoms with Gasteiger partial charge >= 0.3 is 6.18 Å². The first-order valence-electron chi connectivity index (χ1n) is 5.58. The van der Waals surface area contributed by atoms with E-state index in [0.29, 0.717) is 5.56 Å². The molecule has 0 saturated heterocycles. The summed E-state index contributed by atoms with van der Waals surface area (Å²) in [5.74, 6) is -3.28. The lowest BCUT2D eigenvalue weighted by molar-refractivity contribution is -0.0887. The molecule has 0 radical (unpaired) electrons. The molecular weight excluding hydrogens is 275 g/mol. The van der Waals surface area contributed by atoms with Crippen molar-refractivity contribution in [2.45, 2.75) is 13.1 Å². The van der Waals surface area contributed by atoms with Crippen molar-refractivity contribution in [3.8, 4) is 5.75 Å². The normalized spacial score (nSPS) is 11.8. The molecule has 1 aromatic carbocycles. The van der Waals surface area contributed by atoms with Gasteiger partial charge in [0.25, 0.3) is 11.3 Å². The van der Waals surface area contributed by atoms with Gasteiger partial charge in [0.2, 0.25) is 0 Å². The van der Waals surface area contributed by atoms with Crippen LogP contribution in [0.3, 0.4) is 0 Å². The fraction of sp³-hybridized carbons (Fsp3) is 0.231. The summed E-state index contributed by atoms with van der Waals surface area (Å²) in [6.07, 6.45) is -5.22. The summed E-state index contributed by atoms with van der Waals surface area (Å²) in [6, 6.07) is 4.55. The van der Waals surface area contributed by atoms with Crippen molar-refractivity contribution in [1.29, 1.82) is 0 Å². The van der Waals surface area contributed by atoms with Gasteiger partial charge in [-0.15, -0.1) is 0 Å². The second kappa shape index (κ2) is 4.36. The first-order chi connectivity index (χ1) is 9.14. The maximum atomic E-state index is 12.5. The van der Waals surface area contributed by atoms with Crippen LogP contribution >= 0.6 is 0 Å². The number of fused-ring (bicyclic) bond motifs is 1. The number of aryl methyl sites for hydroxylation is 2. The number of aromatic nitrogens is 1. The van der Waals surface area contributed by atoms with E-state index >= 15 is 0 Å². The van der Waals surface area contributed by atoms with Gasteiger partial charge in [-0.05, 0) is 19.1 Å². The Morgan fingerprint density at radius 1 is 1.30 bits per heavy atom. The number of carbonyl (C=O) groups is 1. The van der Waals surface area contributed by atoms with E-state index in [9.17, 15) is 27.9 Å². The molecule has 4 nitrogen and oxygen atoms in total. The van der Waals surface area contributed by atoms with E-state index in [0.717, 1.165) is 4.57 Å². The number of alkyl halides is 3. The predicted molar refractivity (Wildman–Crippen MR) is 66.0 cm³/mol. The monoisotopic (exact) mass is 285 g/mol. The highest BCUT2D eigenvalue weighted by atomic mass is 19.4. The van der Waals surface area contributed by atoms with E-state index in [4.69, 9.17) is 0 Å². The summed E-state index contributed by atoms with van der Waals surface area (Å²) < 4.78 is 38.4. The van der Waals surface area contributed by atoms with Gasteiger partial charge in [-0.2, -0.15) is 13.2 Å². The molecule has 1 heterocycles. The van der Waals surface area contributed by atoms with Crippen molar-refractivity contribution in [2.75, 3.05) is 0 Å². The van der Waals surface area contributed by atoms with E-state index in [1.807, 2.05) is 0 Å². The Labute approximate surface area is 111 Å². The number of nitrogens with zero attached hydrogens (tertiary/aromatic N) is 1. The van der Waals surface area contributed by atoms with Crippen LogP contribution in [0.4, 0.5) is 13.2 Å². The van der Waals surface area contributed by atoms with E-state index < -0.39 is 28.8 Å². The molecule has 1 aromatic heterocycles. The summed E-state index contributed by atoms with van der Waals surface area (Å²) >= 11 is 0. The molecule has 0 amide bonds. The van der Waals surface area contributed by atoms with Gasteiger partial charge in [-0.3, -0.25) is 9.59 Å². The van der Waals surface area contributed by atoms with E-state index in [2.05, 4.69) is 0 Å². The lowest BCUT2D eigenvalue weighted by Gasteiger charge is -2.12. The predicted octanol–water partition coefficient (Wildman–Crippen LogP) is 2.30. The van der Waals surface area contributed by atoms with Gasteiger partial charge < -0.3 is 9.67 Å². The van der Waals surface area contributed by atoms with E-state index in [-0.39, 0.29) is 10.9 Å². The van der Waals surface area contributed by atoms with E-state index in [1.165, 1.54) is 19.2 Å². The molecule has 2 aromatic rings. The number of pyridine rings is 1. The molecular formula is C13H10F3NO3. The third-order valence-electron chi connectivity index (χ3n) is 3.01. The van der Waals surface area contributed by atoms with Gasteiger partial charge in [0, 0.05) is 12.4 Å². The van der Waals surface area contributed by atoms with Crippen LogP contribution in [-0.2, 0) is 7.05 Å². The van der Waals surface area contributed by atoms with Crippen LogP contribution in [0.2, 0.25) is 0 Å². The summed E-state index contributed by atoms with van der Waals surface area (Å²) in [5, 5.41) is 9.91. The second-order valence-corrected chi connectivity index (χ2v) is 4.44. The molecule has 0 spiro atoms. The number of benzene rings is 1. The molecule has 20 heavy (non-hydrogen) atoms. The molecule has 0 aliphatic rings. The average molecular weight is 285 g/mol. The minimum Gasteiger partial charge on any atom is -0.506 e. The molecule has 0 unspecified atom stereocenters. The Kier molecular flexibility index (Phi) is 3.08. The number of rotatable bonds is 1. The average Bonchev–Trinajstić information content (AvgIpc) is 2.35. The highest BCUT2D eigenvalue weighted by Gasteiger charge is 2.43. The summed E-state index contributed by atoms with van der Waals surface area (Å²) in [4.78, 5) is 23.1. The Bertz CT molecular complexity index is 775. The zero-order valence-corrected chi connectivity index (χ0v) is 10.6. The Hall–Kier alpha value is -2.31. The fourth-order valence-corrected chi connectivity index (χ4v) is 1.99. The zero-order valence-electron chi connectivity index (χ0n) is 10.6. The molecule has 0 saturated carbocycles. The van der Waals surface area contributed by atoms with Crippen LogP contribution < -0.4 is 5.56 Å². The molecule has 0 aliphatic carbocycles. The quantitative estimate of drug-likeness (QED) is 0.818. The molecule has 106 valence electrons. The van der Waals surface area contributed by atoms with Crippen LogP contribution in [0.1, 0.15) is 15.9 Å². The van der Waals surface area contributed by atoms with Gasteiger partial charge in [-0.25, -0.2) is 0 Å². The highest BCUT2D eigenvalue weighted by molar-refractivity contribution is 6.06. The first-order valence-corrected chi connectivity index (χ1v) is 5.58. The molecule has 0 atom stereocenters. The molecule has 0 aliphatic heterocycles. The number of aromatic hydroxyl groups is 1. The minimum atomic E-state index is -5.22. The smallest absolute Gasteiger partial charge is 0.455 e. The van der Waals surface area contributed by atoms with Crippen LogP contribution in [0.15, 0.2) is 23.0 Å². The SMILES string of the molecule is Cc1ccc2c(c1)c(O)c(C(=O)C(F)(F)F)c(=O)n2C. The van der Waals surface area contributed by atoms with Crippen molar-refractivity contribution in [2.24, 2.45) is 7.05 Å². The highest BCUT2D eigenvalue weighted by Crippen LogP contribution is 2.31. The lowest BCUT2D eigenvalue weighted by atomic mass is 10.0. The lowest BCUT2D eigenvalue weighted by Crippen LogP contribution is -2.32. The largest absolute Gasteiger partial charge is 0.506 e. The molecule has 1 N–H and O–H groups in total. The molecule has 7 heteroatoms. The number of hydrogen-bond donors (Lipinski definition) is 1. The van der Waals surface area contributed by atoms with Gasteiger partial charge in [0.05, 0.1) is 5.52 Å². The summed E-state index contributed by atoms with van der Waals surface area (Å²) in [6.45, 7) is 1.68. The Morgan fingerprint density at radius 2 is 1.90 bits per heavy atom. The third kappa shape index (κ3) is 2.04. The van der Waals surface area contributed by atoms with Gasteiger partial charge in [0.15, 0.2) is 0 Å². The molecule has 0 fully saturated rings. The fourth-order valence-electron chi connectivity index (χ4n) is 1.99. The van der Waals surface area contributed by atoms with Gasteiger partial charge in [-0.1, -0.05) is 11.6 Å². The summed E-state index contributed by atoms with van der Waals surface area (Å²) in [7, 11) is 1.24. The number of Topliss-reactive ketones (excluding diaryl/α,β-unsaturated/α-hetero) is 1. The van der Waals surface area contributed by atoms with Crippen LogP contribution in [0, 0.1) is 6.92 Å². The zero-order chi connectivity index (χ0) is 15.2. The Balaban J connectivity index is 2.94. The van der Waals surface area contributed by atoms with Crippen LogP contribution in [0.25, 0.3) is 10.9 Å². The maximum absolute atomic E-state index is 12.5. The van der Waals surface area contributed by atoms with Crippen molar-refractivity contribution < 1.29 is 23.1 Å². The van der Waals surface area contributed by atoms with Crippen molar-refractivity contribution >= 4 is 16.7 Å². The van der Waals surface area contributed by atoms with Crippen LogP contribution in [0.5, 0.6) is 5.75 Å². The Morgan fingerprint density at radius 3 is 2.45 bits per heavy atom. The first kappa shape index (κ1) is 14.1. The van der Waals surface area contributed by atoms with Crippen molar-refractivity contribution in [1.82, 2.24) is 4.57 Å². The maximum Gasteiger partial charge on any atom is 0.455 e.